The highest BCUT2D eigenvalue weighted by Crippen LogP contribution is 2.18. The van der Waals surface area contributed by atoms with E-state index in [4.69, 9.17) is 6.42 Å². The molecule has 3 nitrogen and oxygen atoms in total. The van der Waals surface area contributed by atoms with E-state index < -0.39 is 5.67 Å². The van der Waals surface area contributed by atoms with Crippen LogP contribution in [-0.2, 0) is 6.42 Å². The lowest BCUT2D eigenvalue weighted by Gasteiger charge is -2.11. The van der Waals surface area contributed by atoms with Gasteiger partial charge < -0.3 is 5.43 Å². The summed E-state index contributed by atoms with van der Waals surface area (Å²) in [5, 5.41) is 4.45. The summed E-state index contributed by atoms with van der Waals surface area (Å²) < 4.78 is 24.9. The molecule has 5 heteroatoms. The number of aryl methyl sites for hydroxylation is 1. The number of benzene rings is 3. The van der Waals surface area contributed by atoms with E-state index in [0.717, 1.165) is 22.3 Å². The molecule has 0 amide bonds. The van der Waals surface area contributed by atoms with E-state index in [0.29, 0.717) is 36.2 Å². The van der Waals surface area contributed by atoms with Crippen LogP contribution >= 0.6 is 0 Å². The van der Waals surface area contributed by atoms with Crippen LogP contribution in [0.15, 0.2) is 90.0 Å². The Morgan fingerprint density at radius 2 is 1.56 bits per heavy atom. The maximum Gasteiger partial charge on any atom is 0.164 e. The largest absolute Gasteiger partial charge is 0.309 e. The molecule has 39 heavy (non-hydrogen) atoms. The normalized spacial score (nSPS) is 10.7. The molecule has 3 aromatic rings. The number of allylic oxidation sites excluding steroid dienone is 1. The van der Waals surface area contributed by atoms with Crippen LogP contribution in [0.4, 0.5) is 8.78 Å². The fraction of sp³-hybridized carbons (Fsp3) is 0.294. The Kier molecular flexibility index (Phi) is 14.2. The Hall–Kier alpha value is -4.04. The average molecular weight is 531 g/mol. The third-order valence-electron chi connectivity index (χ3n) is 4.94. The van der Waals surface area contributed by atoms with Gasteiger partial charge in [-0.25, -0.2) is 8.78 Å². The molecule has 3 aromatic carbocycles. The fourth-order valence-electron chi connectivity index (χ4n) is 3.39. The van der Waals surface area contributed by atoms with Gasteiger partial charge in [0, 0.05) is 29.7 Å². The minimum absolute atomic E-state index is 0.0442. The molecule has 0 aromatic heterocycles. The zero-order valence-electron chi connectivity index (χ0n) is 23.9. The summed E-state index contributed by atoms with van der Waals surface area (Å²) >= 11 is 0. The van der Waals surface area contributed by atoms with Crippen LogP contribution in [0.5, 0.6) is 0 Å². The Balaban J connectivity index is 0.000000975. The van der Waals surface area contributed by atoms with Gasteiger partial charge in [0.2, 0.25) is 0 Å². The highest BCUT2D eigenvalue weighted by Gasteiger charge is 2.11. The van der Waals surface area contributed by atoms with Crippen molar-refractivity contribution in [3.05, 3.63) is 119 Å². The zero-order chi connectivity index (χ0) is 29.4. The van der Waals surface area contributed by atoms with Crippen molar-refractivity contribution in [1.82, 2.24) is 5.43 Å². The summed E-state index contributed by atoms with van der Waals surface area (Å²) in [6.07, 6.45) is 6.57. The number of hydrogen-bond acceptors (Lipinski definition) is 3. The SMILES string of the molecule is C#CC(=C)/C(=N\NCCC(=O)c1ccccc1)c1cc(C)cc(Cc2ccc(F)cc2)c1.CC.CC(C)(C)F. The molecule has 0 aliphatic rings. The number of nitrogens with one attached hydrogen (secondary N) is 1. The average Bonchev–Trinajstić information content (AvgIpc) is 2.90. The summed E-state index contributed by atoms with van der Waals surface area (Å²) in [5.74, 6) is 2.35. The predicted octanol–water partition coefficient (Wildman–Crippen LogP) is 8.26. The zero-order valence-corrected chi connectivity index (χ0v) is 23.9. The molecule has 0 fully saturated rings. The standard InChI is InChI=1S/C28H25FN2O.C4H9F.C2H6/c1-4-21(3)28(31-30-15-14-27(32)24-8-6-5-7-9-24)25-17-20(2)16-23(19-25)18-22-10-12-26(29)13-11-22;1-4(2,3)5;1-2/h1,5-13,16-17,19,30H,3,14-15,18H2,2H3;1-3H3;1-2H3/b31-28+;;. The van der Waals surface area contributed by atoms with Gasteiger partial charge in [-0.2, -0.15) is 5.10 Å². The topological polar surface area (TPSA) is 41.5 Å². The van der Waals surface area contributed by atoms with E-state index in [1.165, 1.54) is 32.9 Å². The third kappa shape index (κ3) is 13.4. The number of hydrogen-bond donors (Lipinski definition) is 1. The number of ketones is 1. The van der Waals surface area contributed by atoms with Crippen LogP contribution in [0, 0.1) is 25.1 Å². The van der Waals surface area contributed by atoms with E-state index in [1.807, 2.05) is 51.1 Å². The van der Waals surface area contributed by atoms with Gasteiger partial charge in [0.15, 0.2) is 5.78 Å². The molecule has 0 spiro atoms. The number of rotatable bonds is 9. The lowest BCUT2D eigenvalue weighted by molar-refractivity contribution is 0.0982. The van der Waals surface area contributed by atoms with E-state index >= 15 is 0 Å². The molecule has 3 rings (SSSR count). The smallest absolute Gasteiger partial charge is 0.164 e. The molecule has 0 bridgehead atoms. The number of hydrazone groups is 1. The molecule has 206 valence electrons. The minimum Gasteiger partial charge on any atom is -0.309 e. The highest BCUT2D eigenvalue weighted by molar-refractivity contribution is 6.15. The maximum atomic E-state index is 13.2. The maximum absolute atomic E-state index is 13.2. The predicted molar refractivity (Wildman–Crippen MR) is 160 cm³/mol. The summed E-state index contributed by atoms with van der Waals surface area (Å²) in [6, 6.07) is 21.7. The van der Waals surface area contributed by atoms with Crippen molar-refractivity contribution in [2.45, 2.75) is 60.1 Å². The molecule has 0 unspecified atom stereocenters. The van der Waals surface area contributed by atoms with Crippen LogP contribution in [-0.4, -0.2) is 23.7 Å². The summed E-state index contributed by atoms with van der Waals surface area (Å²) in [4.78, 5) is 12.3. The first kappa shape index (κ1) is 33.0. The van der Waals surface area contributed by atoms with Crippen LogP contribution in [0.25, 0.3) is 0 Å². The lowest BCUT2D eigenvalue weighted by Crippen LogP contribution is -2.17. The molecule has 0 saturated carbocycles. The van der Waals surface area contributed by atoms with Gasteiger partial charge in [0.25, 0.3) is 0 Å². The molecule has 0 saturated heterocycles. The Labute approximate surface area is 233 Å². The summed E-state index contributed by atoms with van der Waals surface area (Å²) in [6.45, 7) is 14.9. The first-order valence-corrected chi connectivity index (χ1v) is 13.0. The molecule has 0 heterocycles. The fourth-order valence-corrected chi connectivity index (χ4v) is 3.39. The van der Waals surface area contributed by atoms with Crippen molar-refractivity contribution in [2.75, 3.05) is 6.54 Å². The Bertz CT molecular complexity index is 1260. The van der Waals surface area contributed by atoms with Crippen molar-refractivity contribution < 1.29 is 13.6 Å². The van der Waals surface area contributed by atoms with E-state index in [9.17, 15) is 13.6 Å². The monoisotopic (exact) mass is 530 g/mol. The van der Waals surface area contributed by atoms with Crippen molar-refractivity contribution >= 4 is 11.5 Å². The van der Waals surface area contributed by atoms with Crippen LogP contribution in [0.1, 0.15) is 73.7 Å². The molecular weight excluding hydrogens is 490 g/mol. The third-order valence-corrected chi connectivity index (χ3v) is 4.94. The molecule has 0 atom stereocenters. The van der Waals surface area contributed by atoms with E-state index in [2.05, 4.69) is 29.1 Å². The highest BCUT2D eigenvalue weighted by atomic mass is 19.1. The van der Waals surface area contributed by atoms with Crippen molar-refractivity contribution in [1.29, 1.82) is 0 Å². The van der Waals surface area contributed by atoms with Crippen molar-refractivity contribution in [3.8, 4) is 12.3 Å². The first-order valence-electron chi connectivity index (χ1n) is 13.0. The van der Waals surface area contributed by atoms with Crippen LogP contribution in [0.2, 0.25) is 0 Å². The number of terminal acetylenes is 1. The summed E-state index contributed by atoms with van der Waals surface area (Å²) in [7, 11) is 0. The molecule has 0 aliphatic carbocycles. The van der Waals surface area contributed by atoms with Gasteiger partial charge in [0.1, 0.15) is 17.2 Å². The second-order valence-corrected chi connectivity index (χ2v) is 9.61. The second kappa shape index (κ2) is 16.7. The first-order chi connectivity index (χ1) is 18.5. The van der Waals surface area contributed by atoms with Gasteiger partial charge in [-0.1, -0.05) is 80.4 Å². The molecular formula is C34H40F2N2O. The Morgan fingerprint density at radius 1 is 0.974 bits per heavy atom. The number of carbonyl (C=O) groups excluding carboxylic acids is 1. The van der Waals surface area contributed by atoms with E-state index in [-0.39, 0.29) is 11.6 Å². The number of alkyl halides is 1. The van der Waals surface area contributed by atoms with Crippen LogP contribution < -0.4 is 5.43 Å². The van der Waals surface area contributed by atoms with Crippen molar-refractivity contribution in [3.63, 3.8) is 0 Å². The number of halogens is 2. The molecule has 1 N–H and O–H groups in total. The number of Topliss-reactive ketones (excluding diaryl/α,β-unsaturated/α-hetero) is 1. The molecule has 0 aliphatic heterocycles. The van der Waals surface area contributed by atoms with E-state index in [1.54, 1.807) is 24.3 Å². The second-order valence-electron chi connectivity index (χ2n) is 9.61. The lowest BCUT2D eigenvalue weighted by atomic mass is 9.96. The van der Waals surface area contributed by atoms with Gasteiger partial charge in [0.05, 0.1) is 0 Å². The minimum atomic E-state index is -1.00. The van der Waals surface area contributed by atoms with Gasteiger partial charge in [-0.15, -0.1) is 6.42 Å². The van der Waals surface area contributed by atoms with Gasteiger partial charge in [-0.3, -0.25) is 4.79 Å². The number of nitrogens with zero attached hydrogens (tertiary/aromatic N) is 1. The van der Waals surface area contributed by atoms with Gasteiger partial charge >= 0.3 is 0 Å². The van der Waals surface area contributed by atoms with Crippen LogP contribution in [0.3, 0.4) is 0 Å². The van der Waals surface area contributed by atoms with Gasteiger partial charge in [-0.05, 0) is 69.5 Å². The molecule has 0 radical (unpaired) electrons. The summed E-state index contributed by atoms with van der Waals surface area (Å²) in [5.41, 5.74) is 7.61. The Morgan fingerprint density at radius 3 is 2.13 bits per heavy atom. The quantitative estimate of drug-likeness (QED) is 0.0995. The van der Waals surface area contributed by atoms with Crippen molar-refractivity contribution in [2.24, 2.45) is 5.10 Å². The number of carbonyl (C=O) groups is 1.